The summed E-state index contributed by atoms with van der Waals surface area (Å²) in [6.45, 7) is 0. The number of thiophene rings is 1. The molecule has 1 aromatic heterocycles. The lowest BCUT2D eigenvalue weighted by Gasteiger charge is -2.07. The van der Waals surface area contributed by atoms with Crippen molar-refractivity contribution in [1.29, 1.82) is 0 Å². The summed E-state index contributed by atoms with van der Waals surface area (Å²) in [5, 5.41) is 1.70. The maximum atomic E-state index is 11.0. The standard InChI is InChI=1S/C12H9O4PS/c13-17(14,15)16-9-5-3-7-11-12(9)8-4-1-2-6-10(8)18-11/h1-7H,(H2,13,14,15). The summed E-state index contributed by atoms with van der Waals surface area (Å²) in [4.78, 5) is 17.9. The lowest BCUT2D eigenvalue weighted by atomic mass is 10.1. The SMILES string of the molecule is O=P(O)(O)Oc1cccc2sc3ccccc3c12. The molecule has 0 aliphatic rings. The number of hydrogen-bond acceptors (Lipinski definition) is 3. The fraction of sp³-hybridized carbons (Fsp3) is 0. The van der Waals surface area contributed by atoms with Gasteiger partial charge in [0, 0.05) is 20.2 Å². The monoisotopic (exact) mass is 280 g/mol. The van der Waals surface area contributed by atoms with Crippen LogP contribution in [-0.4, -0.2) is 9.79 Å². The van der Waals surface area contributed by atoms with Crippen molar-refractivity contribution in [3.05, 3.63) is 42.5 Å². The highest BCUT2D eigenvalue weighted by atomic mass is 32.1. The molecule has 3 aromatic rings. The minimum Gasteiger partial charge on any atom is -0.404 e. The van der Waals surface area contributed by atoms with Gasteiger partial charge in [-0.15, -0.1) is 11.3 Å². The third kappa shape index (κ3) is 2.02. The van der Waals surface area contributed by atoms with E-state index in [0.717, 1.165) is 20.2 Å². The average Bonchev–Trinajstić information content (AvgIpc) is 2.66. The van der Waals surface area contributed by atoms with Gasteiger partial charge in [-0.3, -0.25) is 9.79 Å². The van der Waals surface area contributed by atoms with Crippen molar-refractivity contribution in [1.82, 2.24) is 0 Å². The molecule has 0 fully saturated rings. The second kappa shape index (κ2) is 4.07. The van der Waals surface area contributed by atoms with Gasteiger partial charge in [-0.05, 0) is 18.2 Å². The van der Waals surface area contributed by atoms with E-state index in [1.165, 1.54) is 0 Å². The van der Waals surface area contributed by atoms with Crippen LogP contribution in [-0.2, 0) is 4.57 Å². The number of rotatable bonds is 2. The average molecular weight is 280 g/mol. The quantitative estimate of drug-likeness (QED) is 0.705. The number of phosphoric acid groups is 1. The Labute approximate surface area is 107 Å². The Morgan fingerprint density at radius 3 is 2.50 bits per heavy atom. The first-order chi connectivity index (χ1) is 8.54. The third-order valence-corrected chi connectivity index (χ3v) is 4.15. The van der Waals surface area contributed by atoms with Crippen LogP contribution >= 0.6 is 19.2 Å². The molecule has 2 aromatic carbocycles. The summed E-state index contributed by atoms with van der Waals surface area (Å²) in [6.07, 6.45) is 0. The molecule has 0 saturated carbocycles. The van der Waals surface area contributed by atoms with E-state index in [1.54, 1.807) is 23.5 Å². The van der Waals surface area contributed by atoms with Gasteiger partial charge in [0.05, 0.1) is 0 Å². The first-order valence-electron chi connectivity index (χ1n) is 5.20. The lowest BCUT2D eigenvalue weighted by molar-refractivity contribution is 0.284. The number of benzene rings is 2. The second-order valence-corrected chi connectivity index (χ2v) is 6.06. The molecule has 92 valence electrons. The fourth-order valence-electron chi connectivity index (χ4n) is 1.95. The van der Waals surface area contributed by atoms with Crippen LogP contribution in [0.3, 0.4) is 0 Å². The third-order valence-electron chi connectivity index (χ3n) is 2.58. The zero-order valence-corrected chi connectivity index (χ0v) is 10.8. The summed E-state index contributed by atoms with van der Waals surface area (Å²) < 4.78 is 17.7. The normalized spacial score (nSPS) is 12.1. The molecule has 0 bridgehead atoms. The topological polar surface area (TPSA) is 66.8 Å². The number of fused-ring (bicyclic) bond motifs is 3. The highest BCUT2D eigenvalue weighted by Crippen LogP contribution is 2.45. The van der Waals surface area contributed by atoms with Crippen molar-refractivity contribution >= 4 is 39.3 Å². The van der Waals surface area contributed by atoms with Crippen molar-refractivity contribution < 1.29 is 18.9 Å². The molecule has 0 amide bonds. The van der Waals surface area contributed by atoms with Gasteiger partial charge in [0.25, 0.3) is 0 Å². The van der Waals surface area contributed by atoms with Crippen molar-refractivity contribution in [2.75, 3.05) is 0 Å². The van der Waals surface area contributed by atoms with E-state index in [9.17, 15) is 4.57 Å². The second-order valence-electron chi connectivity index (χ2n) is 3.81. The van der Waals surface area contributed by atoms with Gasteiger partial charge in [-0.2, -0.15) is 0 Å². The van der Waals surface area contributed by atoms with Crippen LogP contribution in [0.1, 0.15) is 0 Å². The largest absolute Gasteiger partial charge is 0.524 e. The molecule has 0 radical (unpaired) electrons. The summed E-state index contributed by atoms with van der Waals surface area (Å²) >= 11 is 1.57. The van der Waals surface area contributed by atoms with Crippen molar-refractivity contribution in [3.8, 4) is 5.75 Å². The predicted octanol–water partition coefficient (Wildman–Crippen LogP) is 3.53. The Kier molecular flexibility index (Phi) is 2.64. The molecule has 1 heterocycles. The van der Waals surface area contributed by atoms with E-state index < -0.39 is 7.82 Å². The Morgan fingerprint density at radius 2 is 1.72 bits per heavy atom. The van der Waals surface area contributed by atoms with Crippen LogP contribution < -0.4 is 4.52 Å². The highest BCUT2D eigenvalue weighted by Gasteiger charge is 2.19. The van der Waals surface area contributed by atoms with Gasteiger partial charge in [0.2, 0.25) is 0 Å². The van der Waals surface area contributed by atoms with E-state index in [0.29, 0.717) is 0 Å². The Bertz CT molecular complexity index is 774. The molecule has 0 unspecified atom stereocenters. The maximum absolute atomic E-state index is 11.0. The van der Waals surface area contributed by atoms with Crippen LogP contribution in [0.2, 0.25) is 0 Å². The molecule has 4 nitrogen and oxygen atoms in total. The lowest BCUT2D eigenvalue weighted by Crippen LogP contribution is -1.90. The van der Waals surface area contributed by atoms with Crippen LogP contribution in [0.4, 0.5) is 0 Å². The zero-order chi connectivity index (χ0) is 12.8. The van der Waals surface area contributed by atoms with Gasteiger partial charge in [-0.25, -0.2) is 4.57 Å². The number of hydrogen-bond donors (Lipinski definition) is 2. The summed E-state index contributed by atoms with van der Waals surface area (Å²) in [5.74, 6) is 0.221. The molecule has 2 N–H and O–H groups in total. The van der Waals surface area contributed by atoms with Crippen molar-refractivity contribution in [2.24, 2.45) is 0 Å². The van der Waals surface area contributed by atoms with Gasteiger partial charge >= 0.3 is 7.82 Å². The molecule has 3 rings (SSSR count). The van der Waals surface area contributed by atoms with Crippen LogP contribution in [0.25, 0.3) is 20.2 Å². The van der Waals surface area contributed by atoms with Crippen molar-refractivity contribution in [3.63, 3.8) is 0 Å². The van der Waals surface area contributed by atoms with Gasteiger partial charge in [-0.1, -0.05) is 24.3 Å². The first kappa shape index (κ1) is 11.7. The first-order valence-corrected chi connectivity index (χ1v) is 7.55. The minimum absolute atomic E-state index is 0.221. The molecule has 0 atom stereocenters. The summed E-state index contributed by atoms with van der Waals surface area (Å²) in [7, 11) is -4.54. The van der Waals surface area contributed by atoms with Gasteiger partial charge < -0.3 is 4.52 Å². The summed E-state index contributed by atoms with van der Waals surface area (Å²) in [6, 6.07) is 12.9. The van der Waals surface area contributed by atoms with E-state index in [-0.39, 0.29) is 5.75 Å². The molecular weight excluding hydrogens is 271 g/mol. The smallest absolute Gasteiger partial charge is 0.404 e. The van der Waals surface area contributed by atoms with Crippen molar-refractivity contribution in [2.45, 2.75) is 0 Å². The Balaban J connectivity index is 2.35. The van der Waals surface area contributed by atoms with E-state index >= 15 is 0 Å². The maximum Gasteiger partial charge on any atom is 0.524 e. The molecular formula is C12H9O4PS. The molecule has 0 spiro atoms. The molecule has 0 aliphatic heterocycles. The Morgan fingerprint density at radius 1 is 1.00 bits per heavy atom. The molecule has 0 aliphatic carbocycles. The molecule has 6 heteroatoms. The summed E-state index contributed by atoms with van der Waals surface area (Å²) in [5.41, 5.74) is 0. The van der Waals surface area contributed by atoms with Gasteiger partial charge in [0.15, 0.2) is 0 Å². The Hall–Kier alpha value is -1.39. The molecule has 18 heavy (non-hydrogen) atoms. The number of phosphoric ester groups is 1. The van der Waals surface area contributed by atoms with E-state index in [1.807, 2.05) is 30.3 Å². The van der Waals surface area contributed by atoms with Crippen LogP contribution in [0.15, 0.2) is 42.5 Å². The fourth-order valence-corrected chi connectivity index (χ4v) is 3.48. The van der Waals surface area contributed by atoms with Crippen LogP contribution in [0, 0.1) is 0 Å². The molecule has 0 saturated heterocycles. The zero-order valence-electron chi connectivity index (χ0n) is 9.11. The minimum atomic E-state index is -4.54. The van der Waals surface area contributed by atoms with Crippen LogP contribution in [0.5, 0.6) is 5.75 Å². The van der Waals surface area contributed by atoms with Gasteiger partial charge in [0.1, 0.15) is 5.75 Å². The predicted molar refractivity (Wildman–Crippen MR) is 72.0 cm³/mol. The van der Waals surface area contributed by atoms with E-state index in [2.05, 4.69) is 0 Å². The highest BCUT2D eigenvalue weighted by molar-refractivity contribution is 7.46. The van der Waals surface area contributed by atoms with E-state index in [4.69, 9.17) is 14.3 Å².